The molecule has 0 bridgehead atoms. The van der Waals surface area contributed by atoms with Crippen LogP contribution in [0.5, 0.6) is 0 Å². The molecule has 20 heavy (non-hydrogen) atoms. The molecule has 1 unspecified atom stereocenters. The van der Waals surface area contributed by atoms with Gasteiger partial charge in [0, 0.05) is 22.1 Å². The highest BCUT2D eigenvalue weighted by Crippen LogP contribution is 2.24. The Labute approximate surface area is 126 Å². The van der Waals surface area contributed by atoms with Crippen molar-refractivity contribution >= 4 is 15.9 Å². The molecule has 0 aromatic heterocycles. The molecule has 1 N–H and O–H groups in total. The van der Waals surface area contributed by atoms with E-state index in [1.807, 2.05) is 19.9 Å². The van der Waals surface area contributed by atoms with Crippen LogP contribution in [0.15, 0.2) is 46.9 Å². The zero-order valence-corrected chi connectivity index (χ0v) is 12.9. The maximum absolute atomic E-state index is 13.8. The monoisotopic (exact) mass is 339 g/mol. The summed E-state index contributed by atoms with van der Waals surface area (Å²) >= 11 is 3.34. The Morgan fingerprint density at radius 3 is 2.45 bits per heavy atom. The predicted molar refractivity (Wildman–Crippen MR) is 80.5 cm³/mol. The molecule has 2 rings (SSSR count). The van der Waals surface area contributed by atoms with E-state index in [-0.39, 0.29) is 23.7 Å². The minimum absolute atomic E-state index is 0.0703. The van der Waals surface area contributed by atoms with Crippen LogP contribution in [0.1, 0.15) is 37.1 Å². The summed E-state index contributed by atoms with van der Waals surface area (Å²) in [5, 5.41) is 3.28. The molecule has 0 fully saturated rings. The van der Waals surface area contributed by atoms with Gasteiger partial charge in [-0.15, -0.1) is 0 Å². The number of halogens is 3. The van der Waals surface area contributed by atoms with Gasteiger partial charge in [-0.2, -0.15) is 0 Å². The van der Waals surface area contributed by atoms with E-state index < -0.39 is 0 Å². The quantitative estimate of drug-likeness (QED) is 0.813. The van der Waals surface area contributed by atoms with E-state index in [9.17, 15) is 8.78 Å². The largest absolute Gasteiger partial charge is 0.304 e. The summed E-state index contributed by atoms with van der Waals surface area (Å²) in [4.78, 5) is 0. The summed E-state index contributed by atoms with van der Waals surface area (Å²) < 4.78 is 27.9. The second kappa shape index (κ2) is 6.46. The van der Waals surface area contributed by atoms with Crippen molar-refractivity contribution in [3.8, 4) is 0 Å². The highest BCUT2D eigenvalue weighted by molar-refractivity contribution is 9.10. The van der Waals surface area contributed by atoms with Gasteiger partial charge in [-0.1, -0.05) is 28.1 Å². The minimum atomic E-state index is -0.266. The molecular weight excluding hydrogens is 324 g/mol. The van der Waals surface area contributed by atoms with E-state index >= 15 is 0 Å². The van der Waals surface area contributed by atoms with Gasteiger partial charge in [-0.3, -0.25) is 0 Å². The number of rotatable bonds is 4. The summed E-state index contributed by atoms with van der Waals surface area (Å²) in [6.07, 6.45) is 0. The van der Waals surface area contributed by atoms with Crippen LogP contribution in [0.3, 0.4) is 0 Å². The predicted octanol–water partition coefficient (Wildman–Crippen LogP) is 5.14. The van der Waals surface area contributed by atoms with Crippen molar-refractivity contribution < 1.29 is 8.78 Å². The van der Waals surface area contributed by atoms with Gasteiger partial charge in [-0.25, -0.2) is 8.78 Å². The topological polar surface area (TPSA) is 12.0 Å². The highest BCUT2D eigenvalue weighted by atomic mass is 79.9. The fourth-order valence-electron chi connectivity index (χ4n) is 2.18. The normalized spacial score (nSPS) is 14.1. The summed E-state index contributed by atoms with van der Waals surface area (Å²) in [5.74, 6) is -0.517. The maximum atomic E-state index is 13.8. The third kappa shape index (κ3) is 3.64. The molecule has 2 aromatic carbocycles. The van der Waals surface area contributed by atoms with Gasteiger partial charge in [0.1, 0.15) is 11.6 Å². The van der Waals surface area contributed by atoms with Gasteiger partial charge in [0.2, 0.25) is 0 Å². The number of nitrogens with one attached hydrogen (secondary N) is 1. The zero-order valence-electron chi connectivity index (χ0n) is 11.3. The van der Waals surface area contributed by atoms with Crippen LogP contribution >= 0.6 is 15.9 Å². The van der Waals surface area contributed by atoms with Crippen molar-refractivity contribution in [2.24, 2.45) is 0 Å². The van der Waals surface area contributed by atoms with Crippen LogP contribution < -0.4 is 5.32 Å². The lowest BCUT2D eigenvalue weighted by Gasteiger charge is -2.21. The van der Waals surface area contributed by atoms with Gasteiger partial charge in [0.25, 0.3) is 0 Å². The Morgan fingerprint density at radius 2 is 1.75 bits per heavy atom. The first kappa shape index (κ1) is 15.1. The van der Waals surface area contributed by atoms with Crippen molar-refractivity contribution in [3.05, 3.63) is 69.7 Å². The third-order valence-corrected chi connectivity index (χ3v) is 3.77. The van der Waals surface area contributed by atoms with Gasteiger partial charge in [0.15, 0.2) is 0 Å². The van der Waals surface area contributed by atoms with Crippen molar-refractivity contribution in [2.75, 3.05) is 0 Å². The molecule has 2 aromatic rings. The molecule has 0 aliphatic rings. The van der Waals surface area contributed by atoms with Crippen LogP contribution in [-0.2, 0) is 0 Å². The van der Waals surface area contributed by atoms with E-state index in [2.05, 4.69) is 21.2 Å². The van der Waals surface area contributed by atoms with E-state index in [0.717, 1.165) is 10.0 Å². The second-order valence-electron chi connectivity index (χ2n) is 4.83. The Morgan fingerprint density at radius 1 is 1.00 bits per heavy atom. The molecule has 1 nitrogen and oxygen atoms in total. The van der Waals surface area contributed by atoms with E-state index in [0.29, 0.717) is 5.56 Å². The maximum Gasteiger partial charge on any atom is 0.128 e. The van der Waals surface area contributed by atoms with E-state index in [4.69, 9.17) is 0 Å². The molecule has 106 valence electrons. The SMILES string of the molecule is CC(N[C@@H](C)c1cccc(F)c1)c1cc(Br)ccc1F. The van der Waals surface area contributed by atoms with Gasteiger partial charge < -0.3 is 5.32 Å². The minimum Gasteiger partial charge on any atom is -0.304 e. The standard InChI is InChI=1S/C16H16BrF2N/c1-10(12-4-3-5-14(18)8-12)20-11(2)15-9-13(17)6-7-16(15)19/h3-11,20H,1-2H3/t10-,11?/m0/s1. The van der Waals surface area contributed by atoms with Crippen LogP contribution in [0.25, 0.3) is 0 Å². The van der Waals surface area contributed by atoms with E-state index in [1.54, 1.807) is 18.2 Å². The Kier molecular flexibility index (Phi) is 4.89. The lowest BCUT2D eigenvalue weighted by molar-refractivity contribution is 0.472. The molecule has 0 saturated carbocycles. The smallest absolute Gasteiger partial charge is 0.128 e. The summed E-state index contributed by atoms with van der Waals surface area (Å²) in [6.45, 7) is 3.82. The zero-order chi connectivity index (χ0) is 14.7. The first-order valence-corrected chi connectivity index (χ1v) is 7.23. The summed E-state index contributed by atoms with van der Waals surface area (Å²) in [5.41, 5.74) is 1.43. The Bertz CT molecular complexity index is 601. The second-order valence-corrected chi connectivity index (χ2v) is 5.75. The molecule has 0 aliphatic heterocycles. The summed E-state index contributed by atoms with van der Waals surface area (Å²) in [7, 11) is 0. The lowest BCUT2D eigenvalue weighted by atomic mass is 10.0. The van der Waals surface area contributed by atoms with Crippen molar-refractivity contribution in [3.63, 3.8) is 0 Å². The number of hydrogen-bond donors (Lipinski definition) is 1. The fourth-order valence-corrected chi connectivity index (χ4v) is 2.56. The van der Waals surface area contributed by atoms with Crippen molar-refractivity contribution in [2.45, 2.75) is 25.9 Å². The van der Waals surface area contributed by atoms with Crippen LogP contribution in [-0.4, -0.2) is 0 Å². The van der Waals surface area contributed by atoms with Gasteiger partial charge >= 0.3 is 0 Å². The summed E-state index contributed by atoms with van der Waals surface area (Å²) in [6, 6.07) is 11.0. The van der Waals surface area contributed by atoms with Crippen LogP contribution in [0, 0.1) is 11.6 Å². The average molecular weight is 340 g/mol. The molecule has 0 radical (unpaired) electrons. The first-order chi connectivity index (χ1) is 9.47. The van der Waals surface area contributed by atoms with Crippen molar-refractivity contribution in [1.29, 1.82) is 0 Å². The molecule has 0 amide bonds. The van der Waals surface area contributed by atoms with Crippen LogP contribution in [0.4, 0.5) is 8.78 Å². The third-order valence-electron chi connectivity index (χ3n) is 3.27. The molecule has 4 heteroatoms. The van der Waals surface area contributed by atoms with Crippen molar-refractivity contribution in [1.82, 2.24) is 5.32 Å². The Balaban J connectivity index is 2.15. The van der Waals surface area contributed by atoms with E-state index in [1.165, 1.54) is 18.2 Å². The van der Waals surface area contributed by atoms with Crippen LogP contribution in [0.2, 0.25) is 0 Å². The lowest BCUT2D eigenvalue weighted by Crippen LogP contribution is -2.23. The Hall–Kier alpha value is -1.26. The molecule has 0 spiro atoms. The van der Waals surface area contributed by atoms with Gasteiger partial charge in [-0.05, 0) is 49.7 Å². The number of hydrogen-bond acceptors (Lipinski definition) is 1. The highest BCUT2D eigenvalue weighted by Gasteiger charge is 2.15. The molecule has 2 atom stereocenters. The average Bonchev–Trinajstić information content (AvgIpc) is 2.41. The molecular formula is C16H16BrF2N. The van der Waals surface area contributed by atoms with Gasteiger partial charge in [0.05, 0.1) is 0 Å². The molecule has 0 aliphatic carbocycles. The fraction of sp³-hybridized carbons (Fsp3) is 0.250. The first-order valence-electron chi connectivity index (χ1n) is 6.44. The molecule has 0 heterocycles. The number of benzene rings is 2. The molecule has 0 saturated heterocycles.